The fraction of sp³-hybridized carbons (Fsp3) is 0.222. The summed E-state index contributed by atoms with van der Waals surface area (Å²) in [7, 11) is 0. The number of piperazine rings is 1. The number of aromatic nitrogens is 2. The molecule has 34 heavy (non-hydrogen) atoms. The van der Waals surface area contributed by atoms with E-state index >= 15 is 0 Å². The molecule has 1 aliphatic heterocycles. The van der Waals surface area contributed by atoms with Crippen LogP contribution in [0.5, 0.6) is 0 Å². The van der Waals surface area contributed by atoms with Crippen LogP contribution in [0.3, 0.4) is 0 Å². The van der Waals surface area contributed by atoms with E-state index in [0.29, 0.717) is 36.9 Å². The molecule has 4 aromatic rings. The topological polar surface area (TPSA) is 62.5 Å². The highest BCUT2D eigenvalue weighted by atomic mass is 19.1. The van der Waals surface area contributed by atoms with E-state index < -0.39 is 0 Å². The molecule has 7 heteroatoms. The van der Waals surface area contributed by atoms with E-state index in [0.717, 1.165) is 24.2 Å². The van der Waals surface area contributed by atoms with E-state index in [2.05, 4.69) is 15.0 Å². The minimum Gasteiger partial charge on any atom is -0.339 e. The Bertz CT molecular complexity index is 1180. The average molecular weight is 457 g/mol. The Morgan fingerprint density at radius 3 is 2.03 bits per heavy atom. The number of hydrogen-bond acceptors (Lipinski definition) is 5. The molecule has 0 spiro atoms. The van der Waals surface area contributed by atoms with E-state index in [-0.39, 0.29) is 17.6 Å². The molecule has 1 aromatic heterocycles. The van der Waals surface area contributed by atoms with Crippen LogP contribution in [0.4, 0.5) is 4.39 Å². The van der Waals surface area contributed by atoms with Crippen molar-refractivity contribution in [2.45, 2.75) is 12.5 Å². The molecule has 3 aromatic carbocycles. The molecule has 6 nitrogen and oxygen atoms in total. The normalized spacial score (nSPS) is 14.5. The van der Waals surface area contributed by atoms with Crippen LogP contribution in [-0.4, -0.2) is 52.0 Å². The monoisotopic (exact) mass is 456 g/mol. The van der Waals surface area contributed by atoms with E-state index in [1.807, 2.05) is 65.6 Å². The third-order valence-electron chi connectivity index (χ3n) is 6.12. The molecule has 0 saturated carbocycles. The number of benzene rings is 3. The van der Waals surface area contributed by atoms with Gasteiger partial charge >= 0.3 is 0 Å². The number of nitrogens with zero attached hydrogens (tertiary/aromatic N) is 4. The maximum absolute atomic E-state index is 13.6. The smallest absolute Gasteiger partial charge is 0.257 e. The molecule has 1 amide bonds. The zero-order chi connectivity index (χ0) is 23.3. The van der Waals surface area contributed by atoms with Crippen molar-refractivity contribution < 1.29 is 13.7 Å². The predicted octanol–water partition coefficient (Wildman–Crippen LogP) is 4.35. The van der Waals surface area contributed by atoms with Crippen LogP contribution >= 0.6 is 0 Å². The van der Waals surface area contributed by atoms with Crippen molar-refractivity contribution in [1.29, 1.82) is 0 Å². The number of carbonyl (C=O) groups is 1. The third kappa shape index (κ3) is 4.89. The Morgan fingerprint density at radius 2 is 1.44 bits per heavy atom. The summed E-state index contributed by atoms with van der Waals surface area (Å²) in [5, 5.41) is 4.07. The van der Waals surface area contributed by atoms with Crippen LogP contribution in [0.1, 0.15) is 22.9 Å². The van der Waals surface area contributed by atoms with Gasteiger partial charge in [0.2, 0.25) is 5.91 Å². The van der Waals surface area contributed by atoms with Crippen LogP contribution < -0.4 is 0 Å². The summed E-state index contributed by atoms with van der Waals surface area (Å²) in [6, 6.07) is 25.9. The lowest BCUT2D eigenvalue weighted by atomic mass is 9.90. The Labute approximate surface area is 197 Å². The first-order valence-corrected chi connectivity index (χ1v) is 11.4. The molecule has 5 rings (SSSR count). The largest absolute Gasteiger partial charge is 0.339 e. The Morgan fingerprint density at radius 1 is 0.853 bits per heavy atom. The van der Waals surface area contributed by atoms with Crippen molar-refractivity contribution in [3.05, 3.63) is 108 Å². The van der Waals surface area contributed by atoms with Gasteiger partial charge in [-0.05, 0) is 35.4 Å². The molecule has 0 unspecified atom stereocenters. The fourth-order valence-corrected chi connectivity index (χ4v) is 4.31. The molecule has 0 atom stereocenters. The number of amides is 1. The maximum atomic E-state index is 13.6. The minimum atomic E-state index is -0.315. The van der Waals surface area contributed by atoms with Gasteiger partial charge in [0.1, 0.15) is 5.82 Å². The second-order valence-corrected chi connectivity index (χ2v) is 8.38. The van der Waals surface area contributed by atoms with Gasteiger partial charge in [-0.15, -0.1) is 0 Å². The van der Waals surface area contributed by atoms with Crippen LogP contribution in [0.15, 0.2) is 89.5 Å². The Kier molecular flexibility index (Phi) is 6.44. The van der Waals surface area contributed by atoms with Crippen LogP contribution in [0, 0.1) is 5.82 Å². The van der Waals surface area contributed by atoms with Crippen molar-refractivity contribution in [3.8, 4) is 11.5 Å². The number of halogens is 1. The predicted molar refractivity (Wildman–Crippen MR) is 126 cm³/mol. The van der Waals surface area contributed by atoms with E-state index in [1.54, 1.807) is 12.1 Å². The van der Waals surface area contributed by atoms with Crippen molar-refractivity contribution in [1.82, 2.24) is 19.9 Å². The molecule has 1 fully saturated rings. The van der Waals surface area contributed by atoms with Crippen LogP contribution in [0.2, 0.25) is 0 Å². The van der Waals surface area contributed by atoms with Gasteiger partial charge < -0.3 is 9.42 Å². The summed E-state index contributed by atoms with van der Waals surface area (Å²) in [5.41, 5.74) is 2.69. The van der Waals surface area contributed by atoms with Gasteiger partial charge in [0.05, 0.1) is 12.5 Å². The molecule has 172 valence electrons. The molecule has 1 saturated heterocycles. The lowest BCUT2D eigenvalue weighted by Gasteiger charge is -2.36. The fourth-order valence-electron chi connectivity index (χ4n) is 4.31. The van der Waals surface area contributed by atoms with Gasteiger partial charge in [0.15, 0.2) is 5.82 Å². The molecular weight excluding hydrogens is 431 g/mol. The lowest BCUT2D eigenvalue weighted by Crippen LogP contribution is -2.49. The second-order valence-electron chi connectivity index (χ2n) is 8.38. The highest BCUT2D eigenvalue weighted by Gasteiger charge is 2.30. The van der Waals surface area contributed by atoms with Crippen molar-refractivity contribution in [2.75, 3.05) is 26.2 Å². The van der Waals surface area contributed by atoms with Crippen molar-refractivity contribution in [3.63, 3.8) is 0 Å². The Balaban J connectivity index is 1.23. The summed E-state index contributed by atoms with van der Waals surface area (Å²) in [6.45, 7) is 3.26. The van der Waals surface area contributed by atoms with E-state index in [9.17, 15) is 9.18 Å². The number of rotatable bonds is 6. The number of hydrogen-bond donors (Lipinski definition) is 0. The minimum absolute atomic E-state index is 0.121. The Hall–Kier alpha value is -3.84. The van der Waals surface area contributed by atoms with Gasteiger partial charge in [-0.1, -0.05) is 65.8 Å². The van der Waals surface area contributed by atoms with Crippen molar-refractivity contribution in [2.24, 2.45) is 0 Å². The summed E-state index contributed by atoms with van der Waals surface area (Å²) in [5.74, 6) is 0.445. The standard InChI is InChI=1S/C27H25FN4O2/c28-23-13-11-22(12-14-23)26-29-24(30-34-26)19-31-15-17-32(18-16-31)27(33)25(20-7-3-1-4-8-20)21-9-5-2-6-10-21/h1-14,25H,15-19H2. The molecule has 0 N–H and O–H groups in total. The maximum Gasteiger partial charge on any atom is 0.257 e. The molecule has 0 bridgehead atoms. The quantitative estimate of drug-likeness (QED) is 0.432. The average Bonchev–Trinajstić information content (AvgIpc) is 3.35. The first kappa shape index (κ1) is 22.0. The van der Waals surface area contributed by atoms with Gasteiger partial charge in [-0.2, -0.15) is 4.98 Å². The molecule has 2 heterocycles. The van der Waals surface area contributed by atoms with Gasteiger partial charge in [-0.25, -0.2) is 4.39 Å². The van der Waals surface area contributed by atoms with E-state index in [4.69, 9.17) is 4.52 Å². The SMILES string of the molecule is O=C(C(c1ccccc1)c1ccccc1)N1CCN(Cc2noc(-c3ccc(F)cc3)n2)CC1. The van der Waals surface area contributed by atoms with E-state index in [1.165, 1.54) is 12.1 Å². The summed E-state index contributed by atoms with van der Waals surface area (Å²) in [6.07, 6.45) is 0. The molecule has 0 radical (unpaired) electrons. The lowest BCUT2D eigenvalue weighted by molar-refractivity contribution is -0.133. The van der Waals surface area contributed by atoms with Gasteiger partial charge in [0, 0.05) is 31.7 Å². The molecule has 1 aliphatic rings. The van der Waals surface area contributed by atoms with Gasteiger partial charge in [-0.3, -0.25) is 9.69 Å². The molecule has 0 aliphatic carbocycles. The second kappa shape index (κ2) is 9.97. The first-order chi connectivity index (χ1) is 16.7. The zero-order valence-electron chi connectivity index (χ0n) is 18.7. The van der Waals surface area contributed by atoms with Gasteiger partial charge in [0.25, 0.3) is 5.89 Å². The highest BCUT2D eigenvalue weighted by Crippen LogP contribution is 2.27. The first-order valence-electron chi connectivity index (χ1n) is 11.4. The van der Waals surface area contributed by atoms with Crippen LogP contribution in [0.25, 0.3) is 11.5 Å². The summed E-state index contributed by atoms with van der Waals surface area (Å²) >= 11 is 0. The van der Waals surface area contributed by atoms with Crippen LogP contribution in [-0.2, 0) is 11.3 Å². The third-order valence-corrected chi connectivity index (χ3v) is 6.12. The zero-order valence-corrected chi connectivity index (χ0v) is 18.7. The highest BCUT2D eigenvalue weighted by molar-refractivity contribution is 5.87. The van der Waals surface area contributed by atoms with Crippen molar-refractivity contribution >= 4 is 5.91 Å². The number of carbonyl (C=O) groups excluding carboxylic acids is 1. The summed E-state index contributed by atoms with van der Waals surface area (Å²) in [4.78, 5) is 22.2. The molecular formula is C27H25FN4O2. The summed E-state index contributed by atoms with van der Waals surface area (Å²) < 4.78 is 18.5.